The van der Waals surface area contributed by atoms with Crippen LogP contribution in [0.1, 0.15) is 0 Å². The smallest absolute Gasteiger partial charge is 0.275 e. The first kappa shape index (κ1) is 12.9. The summed E-state index contributed by atoms with van der Waals surface area (Å²) in [4.78, 5) is 0. The molecule has 0 spiro atoms. The summed E-state index contributed by atoms with van der Waals surface area (Å²) in [6, 6.07) is 6.89. The van der Waals surface area contributed by atoms with Crippen LogP contribution in [0.25, 0.3) is 10.9 Å². The van der Waals surface area contributed by atoms with E-state index in [0.717, 1.165) is 16.9 Å². The monoisotopic (exact) mass is 309 g/mol. The molecule has 0 radical (unpaired) electrons. The fourth-order valence-corrected chi connectivity index (χ4v) is 4.24. The summed E-state index contributed by atoms with van der Waals surface area (Å²) in [6.07, 6.45) is 1.58. The molecule has 3 rings (SSSR count). The van der Waals surface area contributed by atoms with Crippen molar-refractivity contribution >= 4 is 38.0 Å². The Hall–Kier alpha value is -2.06. The van der Waals surface area contributed by atoms with Crippen molar-refractivity contribution in [2.45, 2.75) is 4.21 Å². The van der Waals surface area contributed by atoms with Crippen molar-refractivity contribution in [3.8, 4) is 5.75 Å². The van der Waals surface area contributed by atoms with E-state index >= 15 is 0 Å². The Bertz CT molecular complexity index is 852. The molecule has 8 heteroatoms. The number of hydrogen-bond acceptors (Lipinski definition) is 5. The lowest BCUT2D eigenvalue weighted by Gasteiger charge is -2.08. The van der Waals surface area contributed by atoms with E-state index in [1.165, 1.54) is 7.11 Å². The van der Waals surface area contributed by atoms with Gasteiger partial charge in [-0.2, -0.15) is 5.10 Å². The van der Waals surface area contributed by atoms with Gasteiger partial charge in [0.25, 0.3) is 10.0 Å². The third-order valence-electron chi connectivity index (χ3n) is 2.79. The highest BCUT2D eigenvalue weighted by Crippen LogP contribution is 2.32. The minimum atomic E-state index is -3.68. The molecule has 2 aromatic heterocycles. The van der Waals surface area contributed by atoms with Crippen LogP contribution in [-0.2, 0) is 10.0 Å². The molecule has 2 N–H and O–H groups in total. The van der Waals surface area contributed by atoms with Crippen molar-refractivity contribution in [1.29, 1.82) is 0 Å². The van der Waals surface area contributed by atoms with Gasteiger partial charge in [-0.1, -0.05) is 6.07 Å². The summed E-state index contributed by atoms with van der Waals surface area (Å²) in [5.74, 6) is 0.335. The quantitative estimate of drug-likeness (QED) is 0.775. The fraction of sp³-hybridized carbons (Fsp3) is 0.0833. The van der Waals surface area contributed by atoms with E-state index in [1.54, 1.807) is 29.8 Å². The maximum absolute atomic E-state index is 12.4. The zero-order valence-corrected chi connectivity index (χ0v) is 12.1. The van der Waals surface area contributed by atoms with Gasteiger partial charge in [-0.05, 0) is 23.6 Å². The van der Waals surface area contributed by atoms with Gasteiger partial charge in [0.05, 0.1) is 24.5 Å². The van der Waals surface area contributed by atoms with Crippen molar-refractivity contribution in [2.24, 2.45) is 0 Å². The molecule has 0 saturated heterocycles. The largest absolute Gasteiger partial charge is 0.494 e. The lowest BCUT2D eigenvalue weighted by Crippen LogP contribution is -2.12. The number of anilines is 1. The second-order valence-corrected chi connectivity index (χ2v) is 6.81. The number of aromatic amines is 1. The molecule has 0 aliphatic rings. The topological polar surface area (TPSA) is 84.1 Å². The minimum Gasteiger partial charge on any atom is -0.494 e. The zero-order chi connectivity index (χ0) is 14.2. The molecule has 0 saturated carbocycles. The van der Waals surface area contributed by atoms with Crippen LogP contribution < -0.4 is 9.46 Å². The number of sulfonamides is 1. The van der Waals surface area contributed by atoms with Crippen LogP contribution in [0.15, 0.2) is 40.1 Å². The van der Waals surface area contributed by atoms with Crippen molar-refractivity contribution in [3.63, 3.8) is 0 Å². The highest BCUT2D eigenvalue weighted by atomic mass is 32.2. The number of nitrogens with one attached hydrogen (secondary N) is 2. The van der Waals surface area contributed by atoms with Crippen LogP contribution in [0, 0.1) is 0 Å². The molecule has 0 amide bonds. The summed E-state index contributed by atoms with van der Waals surface area (Å²) in [6.45, 7) is 0. The van der Waals surface area contributed by atoms with Gasteiger partial charge >= 0.3 is 0 Å². The van der Waals surface area contributed by atoms with Crippen LogP contribution in [0.4, 0.5) is 5.69 Å². The number of aromatic nitrogens is 2. The first-order valence-corrected chi connectivity index (χ1v) is 8.04. The molecule has 0 atom stereocenters. The van der Waals surface area contributed by atoms with Gasteiger partial charge in [-0.25, -0.2) is 8.42 Å². The number of nitrogens with zero attached hydrogens (tertiary/aromatic N) is 1. The number of fused-ring (bicyclic) bond motifs is 1. The Labute approximate surface area is 119 Å². The molecular weight excluding hydrogens is 298 g/mol. The van der Waals surface area contributed by atoms with Crippen LogP contribution in [0.5, 0.6) is 5.75 Å². The van der Waals surface area contributed by atoms with Gasteiger partial charge in [0.15, 0.2) is 4.21 Å². The maximum Gasteiger partial charge on any atom is 0.275 e. The van der Waals surface area contributed by atoms with Gasteiger partial charge in [0.2, 0.25) is 0 Å². The molecule has 1 aromatic carbocycles. The van der Waals surface area contributed by atoms with Crippen molar-refractivity contribution in [1.82, 2.24) is 10.2 Å². The van der Waals surface area contributed by atoms with Crippen LogP contribution in [-0.4, -0.2) is 25.7 Å². The second kappa shape index (κ2) is 4.80. The van der Waals surface area contributed by atoms with Crippen LogP contribution in [0.2, 0.25) is 0 Å². The fourth-order valence-electron chi connectivity index (χ4n) is 1.88. The summed E-state index contributed by atoms with van der Waals surface area (Å²) in [5, 5.41) is 9.09. The second-order valence-electron chi connectivity index (χ2n) is 4.02. The molecule has 0 aliphatic heterocycles. The summed E-state index contributed by atoms with van der Waals surface area (Å²) < 4.78 is 32.6. The molecule has 3 aromatic rings. The Kier molecular flexibility index (Phi) is 3.11. The average molecular weight is 309 g/mol. The Morgan fingerprint density at radius 2 is 2.20 bits per heavy atom. The van der Waals surface area contributed by atoms with Crippen molar-refractivity contribution in [3.05, 3.63) is 35.8 Å². The van der Waals surface area contributed by atoms with E-state index < -0.39 is 10.0 Å². The maximum atomic E-state index is 12.4. The van der Waals surface area contributed by atoms with Crippen LogP contribution in [0.3, 0.4) is 0 Å². The number of benzene rings is 1. The number of ether oxygens (including phenoxy) is 1. The van der Waals surface area contributed by atoms with Gasteiger partial charge < -0.3 is 4.74 Å². The Morgan fingerprint density at radius 1 is 1.35 bits per heavy atom. The minimum absolute atomic E-state index is 0.153. The van der Waals surface area contributed by atoms with E-state index in [9.17, 15) is 8.42 Å². The van der Waals surface area contributed by atoms with E-state index in [4.69, 9.17) is 4.74 Å². The number of H-pyrrole nitrogens is 1. The van der Waals surface area contributed by atoms with E-state index in [1.807, 2.05) is 6.07 Å². The van der Waals surface area contributed by atoms with Crippen molar-refractivity contribution in [2.75, 3.05) is 11.8 Å². The number of rotatable bonds is 4. The third kappa shape index (κ3) is 2.12. The first-order valence-electron chi connectivity index (χ1n) is 5.68. The lowest BCUT2D eigenvalue weighted by atomic mass is 10.2. The third-order valence-corrected chi connectivity index (χ3v) is 5.60. The summed E-state index contributed by atoms with van der Waals surface area (Å²) in [7, 11) is -2.24. The van der Waals surface area contributed by atoms with Gasteiger partial charge in [0.1, 0.15) is 5.75 Å². The Morgan fingerprint density at radius 3 is 3.00 bits per heavy atom. The van der Waals surface area contributed by atoms with Crippen LogP contribution >= 0.6 is 11.3 Å². The van der Waals surface area contributed by atoms with E-state index in [0.29, 0.717) is 16.8 Å². The molecule has 104 valence electrons. The normalized spacial score (nSPS) is 11.7. The highest BCUT2D eigenvalue weighted by Gasteiger charge is 2.22. The molecule has 0 fully saturated rings. The molecule has 0 bridgehead atoms. The van der Waals surface area contributed by atoms with Gasteiger partial charge in [0, 0.05) is 5.39 Å². The van der Waals surface area contributed by atoms with Crippen molar-refractivity contribution < 1.29 is 13.2 Å². The predicted octanol–water partition coefficient (Wildman–Crippen LogP) is 2.43. The highest BCUT2D eigenvalue weighted by molar-refractivity contribution is 7.94. The van der Waals surface area contributed by atoms with E-state index in [-0.39, 0.29) is 4.21 Å². The number of methoxy groups -OCH3 is 1. The predicted molar refractivity (Wildman–Crippen MR) is 77.8 cm³/mol. The molecule has 0 aliphatic carbocycles. The number of hydrogen-bond donors (Lipinski definition) is 2. The molecule has 20 heavy (non-hydrogen) atoms. The molecule has 2 heterocycles. The standard InChI is InChI=1S/C12H11N3O3S2/c1-18-11-5-6-19-12(11)20(16,17)15-10-4-2-3-9-8(10)7-13-14-9/h2-7,15H,1H3,(H,13,14). The summed E-state index contributed by atoms with van der Waals surface area (Å²) in [5.41, 5.74) is 1.25. The SMILES string of the molecule is COc1ccsc1S(=O)(=O)Nc1cccc2[nH]ncc12. The van der Waals surface area contributed by atoms with Gasteiger partial charge in [-0.15, -0.1) is 11.3 Å². The molecule has 0 unspecified atom stereocenters. The Balaban J connectivity index is 2.04. The summed E-state index contributed by atoms with van der Waals surface area (Å²) >= 11 is 1.11. The van der Waals surface area contributed by atoms with Gasteiger partial charge in [-0.3, -0.25) is 9.82 Å². The van der Waals surface area contributed by atoms with E-state index in [2.05, 4.69) is 14.9 Å². The zero-order valence-electron chi connectivity index (χ0n) is 10.5. The first-order chi connectivity index (χ1) is 9.62. The molecular formula is C12H11N3O3S2. The lowest BCUT2D eigenvalue weighted by molar-refractivity contribution is 0.406. The average Bonchev–Trinajstić information content (AvgIpc) is 3.07. The number of thiophene rings is 1. The molecule has 6 nitrogen and oxygen atoms in total.